The van der Waals surface area contributed by atoms with Crippen LogP contribution in [0.25, 0.3) is 0 Å². The Bertz CT molecular complexity index is 822. The molecule has 0 heterocycles. The van der Waals surface area contributed by atoms with Crippen LogP contribution in [0.2, 0.25) is 0 Å². The molecule has 0 radical (unpaired) electrons. The number of hydrogen-bond donors (Lipinski definition) is 3. The number of hydrogen-bond acceptors (Lipinski definition) is 4. The second kappa shape index (κ2) is 8.71. The maximum Gasteiger partial charge on any atom is 0.275 e. The molecule has 5 heteroatoms. The van der Waals surface area contributed by atoms with Gasteiger partial charge in [0.05, 0.1) is 11.3 Å². The van der Waals surface area contributed by atoms with Crippen molar-refractivity contribution in [3.63, 3.8) is 0 Å². The van der Waals surface area contributed by atoms with Crippen LogP contribution >= 0.6 is 0 Å². The number of hydrazone groups is 1. The Kier molecular flexibility index (Phi) is 6.12. The molecule has 0 aromatic heterocycles. The molecular weight excluding hydrogens is 340 g/mol. The van der Waals surface area contributed by atoms with Gasteiger partial charge in [-0.05, 0) is 54.5 Å². The number of phenolic OH excluding ortho intramolecular Hbond substituents is 2. The van der Waals surface area contributed by atoms with E-state index in [0.29, 0.717) is 12.3 Å². The van der Waals surface area contributed by atoms with Crippen LogP contribution in [0.4, 0.5) is 0 Å². The lowest BCUT2D eigenvalue weighted by molar-refractivity contribution is 0.0951. The topological polar surface area (TPSA) is 81.9 Å². The van der Waals surface area contributed by atoms with Crippen LogP contribution in [0.15, 0.2) is 47.6 Å². The van der Waals surface area contributed by atoms with Crippen molar-refractivity contribution in [1.29, 1.82) is 0 Å². The zero-order chi connectivity index (χ0) is 19.2. The van der Waals surface area contributed by atoms with Gasteiger partial charge in [-0.3, -0.25) is 4.79 Å². The van der Waals surface area contributed by atoms with E-state index in [1.807, 2.05) is 6.92 Å². The summed E-state index contributed by atoms with van der Waals surface area (Å²) in [6, 6.07) is 12.3. The number of rotatable bonds is 5. The Morgan fingerprint density at radius 3 is 2.44 bits per heavy atom. The van der Waals surface area contributed by atoms with Crippen LogP contribution in [-0.2, 0) is 0 Å². The van der Waals surface area contributed by atoms with Gasteiger partial charge in [0.15, 0.2) is 0 Å². The van der Waals surface area contributed by atoms with E-state index in [0.717, 1.165) is 11.3 Å². The van der Waals surface area contributed by atoms with E-state index in [1.54, 1.807) is 0 Å². The summed E-state index contributed by atoms with van der Waals surface area (Å²) in [6.07, 6.45) is 7.14. The van der Waals surface area contributed by atoms with Gasteiger partial charge in [-0.25, -0.2) is 5.43 Å². The standard InChI is InChI=1S/C22H26N2O3/c1-2-20(23-24-22(27)19-14-18(25)12-13-21(19)26)17-10-8-16(9-11-17)15-6-4-3-5-7-15/h8-15,25-26H,2-7H2,1H3,(H,24,27)/b23-20-. The average molecular weight is 366 g/mol. The maximum atomic E-state index is 12.2. The first-order valence-electron chi connectivity index (χ1n) is 9.57. The highest BCUT2D eigenvalue weighted by atomic mass is 16.3. The van der Waals surface area contributed by atoms with Gasteiger partial charge in [0.1, 0.15) is 11.5 Å². The van der Waals surface area contributed by atoms with E-state index < -0.39 is 5.91 Å². The summed E-state index contributed by atoms with van der Waals surface area (Å²) in [5, 5.41) is 23.5. The van der Waals surface area contributed by atoms with Crippen molar-refractivity contribution in [3.8, 4) is 11.5 Å². The Morgan fingerprint density at radius 2 is 1.78 bits per heavy atom. The molecule has 0 atom stereocenters. The second-order valence-corrected chi connectivity index (χ2v) is 7.01. The van der Waals surface area contributed by atoms with Gasteiger partial charge in [-0.15, -0.1) is 0 Å². The fourth-order valence-electron chi connectivity index (χ4n) is 3.62. The predicted molar refractivity (Wildman–Crippen MR) is 106 cm³/mol. The Balaban J connectivity index is 1.72. The summed E-state index contributed by atoms with van der Waals surface area (Å²) in [7, 11) is 0. The number of carbonyl (C=O) groups is 1. The Hall–Kier alpha value is -2.82. The lowest BCUT2D eigenvalue weighted by Gasteiger charge is -2.22. The first-order valence-corrected chi connectivity index (χ1v) is 9.57. The number of carbonyl (C=O) groups excluding carboxylic acids is 1. The molecular formula is C22H26N2O3. The molecule has 3 rings (SSSR count). The van der Waals surface area contributed by atoms with Gasteiger partial charge < -0.3 is 10.2 Å². The minimum Gasteiger partial charge on any atom is -0.508 e. The third-order valence-electron chi connectivity index (χ3n) is 5.17. The first kappa shape index (κ1) is 19.0. The zero-order valence-electron chi connectivity index (χ0n) is 15.6. The van der Waals surface area contributed by atoms with Crippen LogP contribution in [0.1, 0.15) is 72.9 Å². The highest BCUT2D eigenvalue weighted by Gasteiger charge is 2.16. The summed E-state index contributed by atoms with van der Waals surface area (Å²) in [5.41, 5.74) is 5.57. The van der Waals surface area contributed by atoms with Crippen molar-refractivity contribution in [2.75, 3.05) is 0 Å². The van der Waals surface area contributed by atoms with Gasteiger partial charge >= 0.3 is 0 Å². The summed E-state index contributed by atoms with van der Waals surface area (Å²) >= 11 is 0. The number of nitrogens with one attached hydrogen (secondary N) is 1. The monoisotopic (exact) mass is 366 g/mol. The highest BCUT2D eigenvalue weighted by Crippen LogP contribution is 2.32. The van der Waals surface area contributed by atoms with Crippen molar-refractivity contribution < 1.29 is 15.0 Å². The number of benzene rings is 2. The summed E-state index contributed by atoms with van der Waals surface area (Å²) in [6.45, 7) is 1.98. The van der Waals surface area contributed by atoms with Gasteiger partial charge in [-0.1, -0.05) is 50.5 Å². The van der Waals surface area contributed by atoms with Crippen molar-refractivity contribution >= 4 is 11.6 Å². The van der Waals surface area contributed by atoms with Gasteiger partial charge in [0.25, 0.3) is 5.91 Å². The molecule has 1 saturated carbocycles. The van der Waals surface area contributed by atoms with E-state index in [4.69, 9.17) is 0 Å². The molecule has 142 valence electrons. The molecule has 2 aromatic rings. The minimum atomic E-state index is -0.562. The molecule has 1 fully saturated rings. The molecule has 1 aliphatic rings. The quantitative estimate of drug-likeness (QED) is 0.408. The molecule has 27 heavy (non-hydrogen) atoms. The maximum absolute atomic E-state index is 12.2. The molecule has 2 aromatic carbocycles. The summed E-state index contributed by atoms with van der Waals surface area (Å²) in [5.74, 6) is -0.192. The van der Waals surface area contributed by atoms with Crippen LogP contribution in [0, 0.1) is 0 Å². The molecule has 0 saturated heterocycles. The third-order valence-corrected chi connectivity index (χ3v) is 5.17. The zero-order valence-corrected chi connectivity index (χ0v) is 15.6. The van der Waals surface area contributed by atoms with Crippen LogP contribution < -0.4 is 5.43 Å². The van der Waals surface area contributed by atoms with E-state index in [9.17, 15) is 15.0 Å². The molecule has 0 bridgehead atoms. The van der Waals surface area contributed by atoms with Crippen molar-refractivity contribution in [3.05, 3.63) is 59.2 Å². The number of nitrogens with zero attached hydrogens (tertiary/aromatic N) is 1. The van der Waals surface area contributed by atoms with Crippen LogP contribution in [-0.4, -0.2) is 21.8 Å². The Morgan fingerprint density at radius 1 is 1.07 bits per heavy atom. The fraction of sp³-hybridized carbons (Fsp3) is 0.364. The second-order valence-electron chi connectivity index (χ2n) is 7.01. The van der Waals surface area contributed by atoms with E-state index >= 15 is 0 Å². The molecule has 0 aliphatic heterocycles. The molecule has 3 N–H and O–H groups in total. The largest absolute Gasteiger partial charge is 0.508 e. The molecule has 1 amide bonds. The van der Waals surface area contributed by atoms with Crippen LogP contribution in [0.5, 0.6) is 11.5 Å². The molecule has 0 spiro atoms. The smallest absolute Gasteiger partial charge is 0.275 e. The third kappa shape index (κ3) is 4.67. The van der Waals surface area contributed by atoms with Gasteiger partial charge in [0.2, 0.25) is 0 Å². The molecule has 5 nitrogen and oxygen atoms in total. The number of aromatic hydroxyl groups is 2. The average Bonchev–Trinajstić information content (AvgIpc) is 2.71. The normalized spacial score (nSPS) is 15.5. The van der Waals surface area contributed by atoms with Gasteiger partial charge in [-0.2, -0.15) is 5.10 Å². The molecule has 0 unspecified atom stereocenters. The highest BCUT2D eigenvalue weighted by molar-refractivity contribution is 6.02. The van der Waals surface area contributed by atoms with E-state index in [-0.39, 0.29) is 17.1 Å². The minimum absolute atomic E-state index is 0.0122. The number of phenols is 2. The lowest BCUT2D eigenvalue weighted by Crippen LogP contribution is -2.20. The van der Waals surface area contributed by atoms with Crippen molar-refractivity contribution in [1.82, 2.24) is 5.43 Å². The summed E-state index contributed by atoms with van der Waals surface area (Å²) < 4.78 is 0. The number of amides is 1. The van der Waals surface area contributed by atoms with Crippen molar-refractivity contribution in [2.45, 2.75) is 51.4 Å². The predicted octanol–water partition coefficient (Wildman–Crippen LogP) is 4.69. The summed E-state index contributed by atoms with van der Waals surface area (Å²) in [4.78, 5) is 12.2. The van der Waals surface area contributed by atoms with Crippen LogP contribution in [0.3, 0.4) is 0 Å². The molecule has 1 aliphatic carbocycles. The first-order chi connectivity index (χ1) is 13.1. The van der Waals surface area contributed by atoms with E-state index in [2.05, 4.69) is 34.8 Å². The van der Waals surface area contributed by atoms with E-state index in [1.165, 1.54) is 55.9 Å². The van der Waals surface area contributed by atoms with Gasteiger partial charge in [0, 0.05) is 0 Å². The van der Waals surface area contributed by atoms with Crippen molar-refractivity contribution in [2.24, 2.45) is 5.10 Å². The fourth-order valence-corrected chi connectivity index (χ4v) is 3.62. The SMILES string of the molecule is CC/C(=N/NC(=O)c1cc(O)ccc1O)c1ccc(C2CCCCC2)cc1. The lowest BCUT2D eigenvalue weighted by atomic mass is 9.84. The Labute approximate surface area is 159 Å².